The molecule has 1 aliphatic heterocycles. The molecule has 1 aliphatic rings. The summed E-state index contributed by atoms with van der Waals surface area (Å²) >= 11 is 0. The summed E-state index contributed by atoms with van der Waals surface area (Å²) in [5, 5.41) is 0. The summed E-state index contributed by atoms with van der Waals surface area (Å²) in [5.74, 6) is -0.231. The summed E-state index contributed by atoms with van der Waals surface area (Å²) in [6.45, 7) is 16.1. The largest absolute Gasteiger partial charge is 0.460 e. The first-order valence-electron chi connectivity index (χ1n) is 10.1. The van der Waals surface area contributed by atoms with Gasteiger partial charge in [0.2, 0.25) is 0 Å². The number of nitrogen functional groups attached to an aromatic ring is 1. The normalized spacial score (nSPS) is 24.5. The first-order chi connectivity index (χ1) is 14.4. The zero-order chi connectivity index (χ0) is 23.0. The van der Waals surface area contributed by atoms with Crippen molar-refractivity contribution in [2.45, 2.75) is 63.8 Å². The van der Waals surface area contributed by atoms with Crippen LogP contribution in [0.15, 0.2) is 25.3 Å². The minimum atomic E-state index is -2.01. The second kappa shape index (κ2) is 8.78. The maximum atomic E-state index is 11.7. The number of carbonyl (C=O) groups excluding carboxylic acids is 1. The lowest BCUT2D eigenvalue weighted by molar-refractivity contribution is -0.144. The number of ether oxygens (including phenoxy) is 2. The van der Waals surface area contributed by atoms with Gasteiger partial charge in [-0.15, -0.1) is 0 Å². The third-order valence-electron chi connectivity index (χ3n) is 4.48. The molecular formula is C19H31N5O5Si2. The van der Waals surface area contributed by atoms with Crippen molar-refractivity contribution in [3.05, 3.63) is 25.3 Å². The molecule has 0 radical (unpaired) electrons. The third-order valence-corrected chi connectivity index (χ3v) is 6.44. The van der Waals surface area contributed by atoms with Crippen LogP contribution in [0.1, 0.15) is 6.23 Å². The van der Waals surface area contributed by atoms with E-state index in [1.807, 2.05) is 0 Å². The Kier molecular flexibility index (Phi) is 6.67. The van der Waals surface area contributed by atoms with Gasteiger partial charge < -0.3 is 24.1 Å². The van der Waals surface area contributed by atoms with Gasteiger partial charge in [-0.05, 0) is 39.3 Å². The van der Waals surface area contributed by atoms with Crippen LogP contribution in [0, 0.1) is 0 Å². The zero-order valence-electron chi connectivity index (χ0n) is 18.9. The number of anilines is 1. The number of hydrogen-bond donors (Lipinski definition) is 1. The van der Waals surface area contributed by atoms with Crippen molar-refractivity contribution in [2.24, 2.45) is 0 Å². The van der Waals surface area contributed by atoms with E-state index in [2.05, 4.69) is 60.8 Å². The molecule has 0 aromatic carbocycles. The Morgan fingerprint density at radius 1 is 1.16 bits per heavy atom. The number of carbonyl (C=O) groups is 1. The number of esters is 1. The van der Waals surface area contributed by atoms with Crippen LogP contribution in [0.3, 0.4) is 0 Å². The molecule has 170 valence electrons. The minimum absolute atomic E-state index is 0.0197. The third kappa shape index (κ3) is 5.57. The van der Waals surface area contributed by atoms with Crippen LogP contribution in [0.25, 0.3) is 11.2 Å². The number of rotatable bonds is 8. The first-order valence-corrected chi connectivity index (χ1v) is 16.9. The molecular weight excluding hydrogens is 434 g/mol. The lowest BCUT2D eigenvalue weighted by Crippen LogP contribution is -2.48. The number of aromatic nitrogens is 4. The standard InChI is InChI=1S/C19H31N5O5Si2/c1-8-13(25)26-9-12-15(28-30(2,3)4)16(29-31(5,6)7)19(27-12)24-11-23-14-17(20)21-10-22-18(14)24/h8,10-12,15-16,19H,1,9H2,2-7H3,(H2,20,21,22)/t12-,15-,16-,19-/m1/s1. The fraction of sp³-hybridized carbons (Fsp3) is 0.579. The van der Waals surface area contributed by atoms with Gasteiger partial charge in [0.1, 0.15) is 36.8 Å². The van der Waals surface area contributed by atoms with Gasteiger partial charge in [0.05, 0.1) is 6.33 Å². The number of fused-ring (bicyclic) bond motifs is 1. The molecule has 3 rings (SSSR count). The molecule has 0 amide bonds. The van der Waals surface area contributed by atoms with E-state index < -0.39 is 47.1 Å². The molecule has 3 heterocycles. The lowest BCUT2D eigenvalue weighted by atomic mass is 10.1. The van der Waals surface area contributed by atoms with Crippen LogP contribution in [-0.4, -0.2) is 67.0 Å². The van der Waals surface area contributed by atoms with Gasteiger partial charge in [0, 0.05) is 6.08 Å². The van der Waals surface area contributed by atoms with E-state index in [1.54, 1.807) is 10.9 Å². The SMILES string of the molecule is C=CC(=O)OC[C@H]1O[C@@H](n2cnc3c(N)ncnc32)[C@H](O[Si](C)(C)C)[C@@H]1O[Si](C)(C)C. The quantitative estimate of drug-likeness (QED) is 0.355. The van der Waals surface area contributed by atoms with Gasteiger partial charge in [-0.25, -0.2) is 19.7 Å². The summed E-state index contributed by atoms with van der Waals surface area (Å²) in [6.07, 6.45) is 2.14. The monoisotopic (exact) mass is 465 g/mol. The Labute approximate surface area is 184 Å². The van der Waals surface area contributed by atoms with E-state index in [1.165, 1.54) is 6.33 Å². The number of nitrogens with two attached hydrogens (primary N) is 1. The fourth-order valence-corrected chi connectivity index (χ4v) is 5.60. The molecule has 0 saturated carbocycles. The van der Waals surface area contributed by atoms with Gasteiger partial charge >= 0.3 is 5.97 Å². The van der Waals surface area contributed by atoms with Gasteiger partial charge in [0.25, 0.3) is 0 Å². The van der Waals surface area contributed by atoms with Crippen molar-refractivity contribution in [2.75, 3.05) is 12.3 Å². The number of hydrogen-bond acceptors (Lipinski definition) is 9. The first kappa shape index (κ1) is 23.5. The van der Waals surface area contributed by atoms with Crippen molar-refractivity contribution in [1.29, 1.82) is 0 Å². The number of imidazole rings is 1. The summed E-state index contributed by atoms with van der Waals surface area (Å²) in [6, 6.07) is 0. The lowest BCUT2D eigenvalue weighted by Gasteiger charge is -2.34. The van der Waals surface area contributed by atoms with Crippen molar-refractivity contribution < 1.29 is 23.1 Å². The second-order valence-electron chi connectivity index (χ2n) is 9.37. The molecule has 1 saturated heterocycles. The highest BCUT2D eigenvalue weighted by Crippen LogP contribution is 2.38. The summed E-state index contributed by atoms with van der Waals surface area (Å²) < 4.78 is 26.5. The molecule has 0 aliphatic carbocycles. The second-order valence-corrected chi connectivity index (χ2v) is 18.3. The molecule has 4 atom stereocenters. The van der Waals surface area contributed by atoms with Crippen LogP contribution in [-0.2, 0) is 23.1 Å². The Morgan fingerprint density at radius 3 is 2.42 bits per heavy atom. The molecule has 0 bridgehead atoms. The van der Waals surface area contributed by atoms with E-state index >= 15 is 0 Å². The molecule has 0 spiro atoms. The summed E-state index contributed by atoms with van der Waals surface area (Å²) in [4.78, 5) is 24.4. The van der Waals surface area contributed by atoms with Gasteiger partial charge in [-0.1, -0.05) is 6.58 Å². The highest BCUT2D eigenvalue weighted by atomic mass is 28.4. The number of nitrogens with zero attached hydrogens (tertiary/aromatic N) is 4. The van der Waals surface area contributed by atoms with Crippen LogP contribution in [0.5, 0.6) is 0 Å². The smallest absolute Gasteiger partial charge is 0.330 e. The minimum Gasteiger partial charge on any atom is -0.460 e. The van der Waals surface area contributed by atoms with Gasteiger partial charge in [-0.2, -0.15) is 0 Å². The Bertz CT molecular complexity index is 955. The van der Waals surface area contributed by atoms with E-state index in [9.17, 15) is 4.79 Å². The molecule has 2 aromatic heterocycles. The highest BCUT2D eigenvalue weighted by Gasteiger charge is 2.50. The van der Waals surface area contributed by atoms with Gasteiger partial charge in [0.15, 0.2) is 34.3 Å². The van der Waals surface area contributed by atoms with Crippen LogP contribution < -0.4 is 5.73 Å². The predicted molar refractivity (Wildman–Crippen MR) is 121 cm³/mol. The Balaban J connectivity index is 2.03. The average Bonchev–Trinajstić information content (AvgIpc) is 3.20. The van der Waals surface area contributed by atoms with Crippen molar-refractivity contribution in [3.8, 4) is 0 Å². The topological polar surface area (TPSA) is 124 Å². The van der Waals surface area contributed by atoms with E-state index in [0.717, 1.165) is 6.08 Å². The van der Waals surface area contributed by atoms with E-state index in [-0.39, 0.29) is 12.4 Å². The van der Waals surface area contributed by atoms with Crippen LogP contribution in [0.2, 0.25) is 39.3 Å². The van der Waals surface area contributed by atoms with Crippen LogP contribution in [0.4, 0.5) is 5.82 Å². The summed E-state index contributed by atoms with van der Waals surface area (Å²) in [5.41, 5.74) is 6.99. The fourth-order valence-electron chi connectivity index (χ4n) is 3.43. The maximum absolute atomic E-state index is 11.7. The maximum Gasteiger partial charge on any atom is 0.330 e. The summed E-state index contributed by atoms with van der Waals surface area (Å²) in [7, 11) is -4.01. The van der Waals surface area contributed by atoms with Gasteiger partial charge in [-0.3, -0.25) is 4.57 Å². The average molecular weight is 466 g/mol. The van der Waals surface area contributed by atoms with Crippen LogP contribution >= 0.6 is 0 Å². The zero-order valence-corrected chi connectivity index (χ0v) is 20.9. The Morgan fingerprint density at radius 2 is 1.81 bits per heavy atom. The molecule has 12 heteroatoms. The Hall–Kier alpha value is -2.13. The van der Waals surface area contributed by atoms with Crippen molar-refractivity contribution in [1.82, 2.24) is 19.5 Å². The molecule has 2 aromatic rings. The van der Waals surface area contributed by atoms with E-state index in [0.29, 0.717) is 11.2 Å². The predicted octanol–water partition coefficient (Wildman–Crippen LogP) is 2.48. The van der Waals surface area contributed by atoms with Crippen molar-refractivity contribution >= 4 is 39.6 Å². The molecule has 10 nitrogen and oxygen atoms in total. The molecule has 2 N–H and O–H groups in total. The highest BCUT2D eigenvalue weighted by molar-refractivity contribution is 6.70. The van der Waals surface area contributed by atoms with E-state index in [4.69, 9.17) is 24.1 Å². The molecule has 1 fully saturated rings. The van der Waals surface area contributed by atoms with Crippen molar-refractivity contribution in [3.63, 3.8) is 0 Å². The molecule has 31 heavy (non-hydrogen) atoms. The molecule has 0 unspecified atom stereocenters.